The fourth-order valence-corrected chi connectivity index (χ4v) is 3.42. The van der Waals surface area contributed by atoms with Crippen LogP contribution in [-0.4, -0.2) is 36.7 Å². The molecule has 0 bridgehead atoms. The van der Waals surface area contributed by atoms with Crippen LogP contribution < -0.4 is 4.90 Å². The van der Waals surface area contributed by atoms with E-state index in [9.17, 15) is 4.79 Å². The van der Waals surface area contributed by atoms with Gasteiger partial charge in [-0.2, -0.15) is 0 Å². The van der Waals surface area contributed by atoms with E-state index >= 15 is 0 Å². The summed E-state index contributed by atoms with van der Waals surface area (Å²) in [5, 5.41) is 1.15. The van der Waals surface area contributed by atoms with Crippen LogP contribution in [0.15, 0.2) is 59.4 Å². The SMILES string of the molecule is CCN(C=C1N=C(c2ccccc2Cl)c2cc(Cl)ccc2N(C)C1=O)CC. The number of hydrogen-bond acceptors (Lipinski definition) is 3. The van der Waals surface area contributed by atoms with Gasteiger partial charge in [-0.1, -0.05) is 41.4 Å². The molecule has 0 N–H and O–H groups in total. The molecule has 0 atom stereocenters. The molecule has 27 heavy (non-hydrogen) atoms. The van der Waals surface area contributed by atoms with Gasteiger partial charge < -0.3 is 9.80 Å². The number of rotatable bonds is 4. The molecule has 0 aliphatic carbocycles. The van der Waals surface area contributed by atoms with Crippen LogP contribution in [0.25, 0.3) is 0 Å². The van der Waals surface area contributed by atoms with Crippen molar-refractivity contribution in [3.63, 3.8) is 0 Å². The van der Waals surface area contributed by atoms with Gasteiger partial charge in [-0.25, -0.2) is 4.99 Å². The standard InChI is InChI=1S/C21H21Cl2N3O/c1-4-26(5-2)13-18-21(27)25(3)19-11-10-14(22)12-16(19)20(24-18)15-8-6-7-9-17(15)23/h6-13H,4-5H2,1-3H3. The summed E-state index contributed by atoms with van der Waals surface area (Å²) in [6.07, 6.45) is 1.81. The lowest BCUT2D eigenvalue weighted by Gasteiger charge is -2.20. The van der Waals surface area contributed by atoms with E-state index < -0.39 is 0 Å². The van der Waals surface area contributed by atoms with Gasteiger partial charge in [-0.05, 0) is 38.1 Å². The van der Waals surface area contributed by atoms with E-state index in [1.807, 2.05) is 61.3 Å². The molecule has 0 radical (unpaired) electrons. The summed E-state index contributed by atoms with van der Waals surface area (Å²) in [6.45, 7) is 5.65. The Kier molecular flexibility index (Phi) is 5.88. The molecular formula is C21H21Cl2N3O. The molecule has 2 aromatic rings. The van der Waals surface area contributed by atoms with Gasteiger partial charge in [0.1, 0.15) is 5.70 Å². The van der Waals surface area contributed by atoms with Gasteiger partial charge in [-0.15, -0.1) is 0 Å². The lowest BCUT2D eigenvalue weighted by atomic mass is 10.00. The Morgan fingerprint density at radius 1 is 1.07 bits per heavy atom. The van der Waals surface area contributed by atoms with Crippen molar-refractivity contribution in [3.8, 4) is 0 Å². The summed E-state index contributed by atoms with van der Waals surface area (Å²) < 4.78 is 0. The maximum Gasteiger partial charge on any atom is 0.278 e. The Morgan fingerprint density at radius 3 is 2.44 bits per heavy atom. The summed E-state index contributed by atoms with van der Waals surface area (Å²) in [4.78, 5) is 21.5. The van der Waals surface area contributed by atoms with Gasteiger partial charge in [0.05, 0.1) is 11.4 Å². The highest BCUT2D eigenvalue weighted by Crippen LogP contribution is 2.32. The lowest BCUT2D eigenvalue weighted by Crippen LogP contribution is -2.28. The van der Waals surface area contributed by atoms with Crippen LogP contribution in [0.4, 0.5) is 5.69 Å². The van der Waals surface area contributed by atoms with Crippen molar-refractivity contribution in [2.45, 2.75) is 13.8 Å². The Balaban J connectivity index is 2.30. The van der Waals surface area contributed by atoms with Crippen LogP contribution in [0.2, 0.25) is 10.0 Å². The lowest BCUT2D eigenvalue weighted by molar-refractivity contribution is -0.114. The first-order valence-corrected chi connectivity index (χ1v) is 9.59. The van der Waals surface area contributed by atoms with Crippen molar-refractivity contribution in [2.75, 3.05) is 25.0 Å². The van der Waals surface area contributed by atoms with E-state index in [1.165, 1.54) is 0 Å². The molecule has 4 nitrogen and oxygen atoms in total. The molecule has 1 aliphatic heterocycles. The molecule has 6 heteroatoms. The maximum absolute atomic E-state index is 13.1. The van der Waals surface area contributed by atoms with Crippen LogP contribution in [-0.2, 0) is 4.79 Å². The van der Waals surface area contributed by atoms with E-state index in [0.29, 0.717) is 21.5 Å². The van der Waals surface area contributed by atoms with Gasteiger partial charge in [0.2, 0.25) is 0 Å². The van der Waals surface area contributed by atoms with Gasteiger partial charge in [-0.3, -0.25) is 4.79 Å². The highest BCUT2D eigenvalue weighted by Gasteiger charge is 2.27. The Morgan fingerprint density at radius 2 is 1.78 bits per heavy atom. The zero-order valence-corrected chi connectivity index (χ0v) is 17.1. The third-order valence-corrected chi connectivity index (χ3v) is 5.14. The topological polar surface area (TPSA) is 35.9 Å². The number of benzene rings is 2. The van der Waals surface area contributed by atoms with E-state index in [4.69, 9.17) is 28.2 Å². The smallest absolute Gasteiger partial charge is 0.278 e. The number of benzodiazepines with no additional fused rings is 1. The van der Waals surface area contributed by atoms with E-state index in [-0.39, 0.29) is 5.91 Å². The van der Waals surface area contributed by atoms with Crippen molar-refractivity contribution in [1.82, 2.24) is 4.90 Å². The first-order chi connectivity index (χ1) is 13.0. The molecule has 0 aromatic heterocycles. The fraction of sp³-hybridized carbons (Fsp3) is 0.238. The molecule has 1 aliphatic rings. The largest absolute Gasteiger partial charge is 0.376 e. The summed E-state index contributed by atoms with van der Waals surface area (Å²) in [5.41, 5.74) is 3.27. The first kappa shape index (κ1) is 19.5. The molecule has 3 rings (SSSR count). The van der Waals surface area contributed by atoms with Gasteiger partial charge in [0.15, 0.2) is 0 Å². The van der Waals surface area contributed by atoms with Gasteiger partial charge in [0.25, 0.3) is 5.91 Å². The Hall–Kier alpha value is -2.30. The normalized spacial score (nSPS) is 15.4. The second kappa shape index (κ2) is 8.15. The predicted molar refractivity (Wildman–Crippen MR) is 113 cm³/mol. The van der Waals surface area contributed by atoms with Crippen molar-refractivity contribution in [3.05, 3.63) is 75.5 Å². The number of fused-ring (bicyclic) bond motifs is 1. The third kappa shape index (κ3) is 3.87. The average Bonchev–Trinajstić information content (AvgIpc) is 2.76. The first-order valence-electron chi connectivity index (χ1n) is 8.83. The molecule has 140 valence electrons. The summed E-state index contributed by atoms with van der Waals surface area (Å²) in [6, 6.07) is 12.9. The van der Waals surface area contributed by atoms with Gasteiger partial charge in [0, 0.05) is 47.5 Å². The van der Waals surface area contributed by atoms with Crippen molar-refractivity contribution in [2.24, 2.45) is 4.99 Å². The number of amides is 1. The summed E-state index contributed by atoms with van der Waals surface area (Å²) in [7, 11) is 1.75. The number of carbonyl (C=O) groups is 1. The number of anilines is 1. The highest BCUT2D eigenvalue weighted by molar-refractivity contribution is 6.37. The number of hydrogen-bond donors (Lipinski definition) is 0. The highest BCUT2D eigenvalue weighted by atomic mass is 35.5. The molecular weight excluding hydrogens is 381 g/mol. The zero-order valence-electron chi connectivity index (χ0n) is 15.5. The van der Waals surface area contributed by atoms with Gasteiger partial charge >= 0.3 is 0 Å². The Bertz CT molecular complexity index is 933. The van der Waals surface area contributed by atoms with Crippen molar-refractivity contribution in [1.29, 1.82) is 0 Å². The summed E-state index contributed by atoms with van der Waals surface area (Å²) in [5.74, 6) is -0.174. The van der Waals surface area contributed by atoms with Crippen LogP contribution in [0.5, 0.6) is 0 Å². The number of halogens is 2. The van der Waals surface area contributed by atoms with E-state index in [2.05, 4.69) is 0 Å². The molecule has 0 saturated heterocycles. The predicted octanol–water partition coefficient (Wildman–Crippen LogP) is 4.99. The second-order valence-corrected chi connectivity index (χ2v) is 7.05. The monoisotopic (exact) mass is 401 g/mol. The van der Waals surface area contributed by atoms with Crippen molar-refractivity contribution < 1.29 is 4.79 Å². The Labute approximate surface area is 169 Å². The fourth-order valence-electron chi connectivity index (χ4n) is 3.02. The van der Waals surface area contributed by atoms with Crippen LogP contribution in [0.1, 0.15) is 25.0 Å². The minimum absolute atomic E-state index is 0.174. The van der Waals surface area contributed by atoms with Crippen molar-refractivity contribution >= 4 is 40.5 Å². The molecule has 0 unspecified atom stereocenters. The molecule has 0 saturated carbocycles. The average molecular weight is 402 g/mol. The maximum atomic E-state index is 13.1. The quantitative estimate of drug-likeness (QED) is 0.676. The second-order valence-electron chi connectivity index (χ2n) is 6.20. The van der Waals surface area contributed by atoms with Crippen LogP contribution in [0, 0.1) is 0 Å². The molecule has 1 amide bonds. The van der Waals surface area contributed by atoms with E-state index in [0.717, 1.165) is 29.9 Å². The number of aliphatic imine (C=N–C) groups is 1. The van der Waals surface area contributed by atoms with Crippen LogP contribution >= 0.6 is 23.2 Å². The molecule has 0 fully saturated rings. The zero-order chi connectivity index (χ0) is 19.6. The van der Waals surface area contributed by atoms with Crippen LogP contribution in [0.3, 0.4) is 0 Å². The summed E-state index contributed by atoms with van der Waals surface area (Å²) >= 11 is 12.7. The minimum Gasteiger partial charge on any atom is -0.376 e. The number of carbonyl (C=O) groups excluding carboxylic acids is 1. The molecule has 0 spiro atoms. The minimum atomic E-state index is -0.174. The molecule has 2 aromatic carbocycles. The molecule has 1 heterocycles. The van der Waals surface area contributed by atoms with E-state index in [1.54, 1.807) is 18.0 Å². The number of nitrogens with zero attached hydrogens (tertiary/aromatic N) is 3. The number of likely N-dealkylation sites (N-methyl/N-ethyl adjacent to an activating group) is 1. The third-order valence-electron chi connectivity index (χ3n) is 4.58.